The highest BCUT2D eigenvalue weighted by molar-refractivity contribution is 5.77. The van der Waals surface area contributed by atoms with Crippen molar-refractivity contribution in [2.75, 3.05) is 13.1 Å². The predicted octanol–water partition coefficient (Wildman–Crippen LogP) is 3.17. The first kappa shape index (κ1) is 14.1. The largest absolute Gasteiger partial charge is 0.446 e. The molecule has 1 aliphatic rings. The maximum Gasteiger partial charge on any atom is 0.314 e. The minimum atomic E-state index is -0.201. The summed E-state index contributed by atoms with van der Waals surface area (Å²) in [6, 6.07) is 9.80. The average Bonchev–Trinajstić information content (AvgIpc) is 2.48. The van der Waals surface area contributed by atoms with E-state index in [0.717, 1.165) is 18.7 Å². The predicted molar refractivity (Wildman–Crippen MR) is 75.8 cm³/mol. The third-order valence-electron chi connectivity index (χ3n) is 3.84. The van der Waals surface area contributed by atoms with Gasteiger partial charge in [-0.1, -0.05) is 36.8 Å². The molecule has 104 valence electrons. The van der Waals surface area contributed by atoms with E-state index in [1.807, 2.05) is 44.2 Å². The van der Waals surface area contributed by atoms with Crippen molar-refractivity contribution in [3.8, 4) is 0 Å². The van der Waals surface area contributed by atoms with Gasteiger partial charge in [-0.3, -0.25) is 9.69 Å². The summed E-state index contributed by atoms with van der Waals surface area (Å²) in [4.78, 5) is 14.4. The van der Waals surface area contributed by atoms with Crippen molar-refractivity contribution in [2.24, 2.45) is 0 Å². The van der Waals surface area contributed by atoms with Crippen LogP contribution in [0.2, 0.25) is 0 Å². The monoisotopic (exact) mass is 261 g/mol. The Hall–Kier alpha value is -1.35. The van der Waals surface area contributed by atoms with Gasteiger partial charge in [0, 0.05) is 13.1 Å². The van der Waals surface area contributed by atoms with E-state index >= 15 is 0 Å². The summed E-state index contributed by atoms with van der Waals surface area (Å²) in [7, 11) is 0. The quantitative estimate of drug-likeness (QED) is 0.780. The number of carbonyl (C=O) groups excluding carboxylic acids is 1. The molecule has 0 bridgehead atoms. The molecule has 2 atom stereocenters. The van der Waals surface area contributed by atoms with Crippen molar-refractivity contribution < 1.29 is 9.53 Å². The molecule has 0 saturated carbocycles. The zero-order valence-corrected chi connectivity index (χ0v) is 11.8. The van der Waals surface area contributed by atoms with E-state index in [1.54, 1.807) is 0 Å². The molecule has 0 spiro atoms. The molecule has 3 heteroatoms. The van der Waals surface area contributed by atoms with E-state index in [9.17, 15) is 4.79 Å². The molecule has 2 unspecified atom stereocenters. The van der Waals surface area contributed by atoms with E-state index in [0.29, 0.717) is 0 Å². The van der Waals surface area contributed by atoms with Gasteiger partial charge in [0.1, 0.15) is 0 Å². The first-order valence-electron chi connectivity index (χ1n) is 7.18. The standard InChI is InChI=1S/C16H23NO2/c1-13(15-9-5-3-6-10-15)16(18)19-14(2)17-11-7-4-8-12-17/h3,5-6,9-10,13-14H,4,7-8,11-12H2,1-2H3. The van der Waals surface area contributed by atoms with Gasteiger partial charge < -0.3 is 4.74 Å². The molecule has 0 radical (unpaired) electrons. The third kappa shape index (κ3) is 3.80. The van der Waals surface area contributed by atoms with E-state index in [1.165, 1.54) is 19.3 Å². The molecule has 1 saturated heterocycles. The van der Waals surface area contributed by atoms with Gasteiger partial charge in [0.25, 0.3) is 0 Å². The molecular weight excluding hydrogens is 238 g/mol. The highest BCUT2D eigenvalue weighted by Crippen LogP contribution is 2.19. The molecular formula is C16H23NO2. The number of esters is 1. The molecule has 0 amide bonds. The molecule has 19 heavy (non-hydrogen) atoms. The lowest BCUT2D eigenvalue weighted by molar-refractivity contribution is -0.159. The summed E-state index contributed by atoms with van der Waals surface area (Å²) in [6.07, 6.45) is 3.59. The van der Waals surface area contributed by atoms with Crippen molar-refractivity contribution >= 4 is 5.97 Å². The summed E-state index contributed by atoms with van der Waals surface area (Å²) < 4.78 is 5.59. The second kappa shape index (κ2) is 6.71. The van der Waals surface area contributed by atoms with Crippen LogP contribution in [-0.4, -0.2) is 30.2 Å². The first-order valence-corrected chi connectivity index (χ1v) is 7.18. The van der Waals surface area contributed by atoms with E-state index in [4.69, 9.17) is 4.74 Å². The number of likely N-dealkylation sites (tertiary alicyclic amines) is 1. The van der Waals surface area contributed by atoms with Crippen molar-refractivity contribution in [1.82, 2.24) is 4.90 Å². The highest BCUT2D eigenvalue weighted by atomic mass is 16.6. The number of nitrogens with zero attached hydrogens (tertiary/aromatic N) is 1. The zero-order chi connectivity index (χ0) is 13.7. The Morgan fingerprint density at radius 1 is 1.11 bits per heavy atom. The fourth-order valence-electron chi connectivity index (χ4n) is 2.50. The Morgan fingerprint density at radius 3 is 2.37 bits per heavy atom. The maximum absolute atomic E-state index is 12.1. The van der Waals surface area contributed by atoms with Crippen molar-refractivity contribution in [1.29, 1.82) is 0 Å². The molecule has 0 aromatic heterocycles. The molecule has 1 aliphatic heterocycles. The van der Waals surface area contributed by atoms with Gasteiger partial charge in [-0.2, -0.15) is 0 Å². The van der Waals surface area contributed by atoms with Crippen LogP contribution in [0.4, 0.5) is 0 Å². The van der Waals surface area contributed by atoms with E-state index in [2.05, 4.69) is 4.90 Å². The third-order valence-corrected chi connectivity index (χ3v) is 3.84. The van der Waals surface area contributed by atoms with Crippen molar-refractivity contribution in [3.63, 3.8) is 0 Å². The highest BCUT2D eigenvalue weighted by Gasteiger charge is 2.23. The summed E-state index contributed by atoms with van der Waals surface area (Å²) in [5.41, 5.74) is 1.01. The molecule has 0 aliphatic carbocycles. The fraction of sp³-hybridized carbons (Fsp3) is 0.562. The van der Waals surface area contributed by atoms with Crippen LogP contribution in [0.3, 0.4) is 0 Å². The number of hydrogen-bond acceptors (Lipinski definition) is 3. The van der Waals surface area contributed by atoms with Crippen LogP contribution < -0.4 is 0 Å². The summed E-state index contributed by atoms with van der Waals surface area (Å²) in [6.45, 7) is 5.95. The number of piperidine rings is 1. The maximum atomic E-state index is 12.1. The molecule has 0 N–H and O–H groups in total. The number of benzene rings is 1. The molecule has 2 rings (SSSR count). The van der Waals surface area contributed by atoms with Crippen LogP contribution in [0, 0.1) is 0 Å². The Morgan fingerprint density at radius 2 is 1.74 bits per heavy atom. The van der Waals surface area contributed by atoms with Crippen LogP contribution >= 0.6 is 0 Å². The van der Waals surface area contributed by atoms with Gasteiger partial charge in [-0.25, -0.2) is 0 Å². The lowest BCUT2D eigenvalue weighted by Crippen LogP contribution is -2.40. The summed E-state index contributed by atoms with van der Waals surface area (Å²) in [5, 5.41) is 0. The van der Waals surface area contributed by atoms with Gasteiger partial charge in [-0.05, 0) is 32.3 Å². The minimum Gasteiger partial charge on any atom is -0.446 e. The number of carbonyl (C=O) groups is 1. The Kier molecular flexibility index (Phi) is 4.97. The Bertz CT molecular complexity index is 398. The Labute approximate surface area is 115 Å². The smallest absolute Gasteiger partial charge is 0.314 e. The topological polar surface area (TPSA) is 29.5 Å². The van der Waals surface area contributed by atoms with Crippen LogP contribution in [0.25, 0.3) is 0 Å². The second-order valence-electron chi connectivity index (χ2n) is 5.27. The lowest BCUT2D eigenvalue weighted by Gasteiger charge is -2.32. The summed E-state index contributed by atoms with van der Waals surface area (Å²) >= 11 is 0. The van der Waals surface area contributed by atoms with E-state index < -0.39 is 0 Å². The molecule has 1 aromatic carbocycles. The number of ether oxygens (including phenoxy) is 1. The van der Waals surface area contributed by atoms with Crippen LogP contribution in [0.1, 0.15) is 44.6 Å². The fourth-order valence-corrected chi connectivity index (χ4v) is 2.50. The zero-order valence-electron chi connectivity index (χ0n) is 11.8. The number of rotatable bonds is 4. The van der Waals surface area contributed by atoms with Gasteiger partial charge >= 0.3 is 5.97 Å². The van der Waals surface area contributed by atoms with Gasteiger partial charge in [0.2, 0.25) is 0 Å². The second-order valence-corrected chi connectivity index (χ2v) is 5.27. The molecule has 1 aromatic rings. The minimum absolute atomic E-state index is 0.112. The van der Waals surface area contributed by atoms with Crippen LogP contribution in [0.15, 0.2) is 30.3 Å². The number of hydrogen-bond donors (Lipinski definition) is 0. The van der Waals surface area contributed by atoms with Gasteiger partial charge in [0.15, 0.2) is 6.23 Å². The summed E-state index contributed by atoms with van der Waals surface area (Å²) in [5.74, 6) is -0.335. The van der Waals surface area contributed by atoms with Gasteiger partial charge in [-0.15, -0.1) is 0 Å². The lowest BCUT2D eigenvalue weighted by atomic mass is 10.0. The first-order chi connectivity index (χ1) is 9.18. The SMILES string of the molecule is CC(C(=O)OC(C)N1CCCCC1)c1ccccc1. The van der Waals surface area contributed by atoms with Gasteiger partial charge in [0.05, 0.1) is 5.92 Å². The molecule has 1 heterocycles. The molecule has 3 nitrogen and oxygen atoms in total. The van der Waals surface area contributed by atoms with Crippen LogP contribution in [0.5, 0.6) is 0 Å². The van der Waals surface area contributed by atoms with Crippen molar-refractivity contribution in [2.45, 2.75) is 45.3 Å². The van der Waals surface area contributed by atoms with Crippen molar-refractivity contribution in [3.05, 3.63) is 35.9 Å². The Balaban J connectivity index is 1.89. The normalized spacial score (nSPS) is 19.7. The van der Waals surface area contributed by atoms with Crippen LogP contribution in [-0.2, 0) is 9.53 Å². The molecule has 1 fully saturated rings. The average molecular weight is 261 g/mol. The van der Waals surface area contributed by atoms with E-state index in [-0.39, 0.29) is 18.1 Å².